The van der Waals surface area contributed by atoms with Gasteiger partial charge in [-0.05, 0) is 6.42 Å². The van der Waals surface area contributed by atoms with Gasteiger partial charge in [0.1, 0.15) is 6.61 Å². The van der Waals surface area contributed by atoms with Crippen LogP contribution < -0.4 is 0 Å². The van der Waals surface area contributed by atoms with Crippen LogP contribution in [0.2, 0.25) is 0 Å². The van der Waals surface area contributed by atoms with Gasteiger partial charge in [-0.3, -0.25) is 4.89 Å². The lowest BCUT2D eigenvalue weighted by molar-refractivity contribution is -0.265. The Hall–Kier alpha value is -0.830. The molecule has 0 rings (SSSR count). The molecule has 0 amide bonds. The zero-order valence-electron chi connectivity index (χ0n) is 7.54. The van der Waals surface area contributed by atoms with Gasteiger partial charge >= 0.3 is 5.97 Å². The number of unbranched alkanes of at least 4 members (excludes halogenated alkanes) is 2. The zero-order chi connectivity index (χ0) is 9.23. The topological polar surface area (TPSA) is 35.5 Å². The average Bonchev–Trinajstić information content (AvgIpc) is 2.06. The van der Waals surface area contributed by atoms with Crippen LogP contribution in [0.4, 0.5) is 0 Å². The second-order valence-electron chi connectivity index (χ2n) is 2.49. The standard InChI is InChI=1S/C9H16O3/c1-3-5-6-7-9(10)12-11-8-4-2/h4H,2-3,5-8H2,1H3. The summed E-state index contributed by atoms with van der Waals surface area (Å²) >= 11 is 0. The number of carbonyl (C=O) groups is 1. The number of rotatable bonds is 7. The quantitative estimate of drug-likeness (QED) is 0.256. The monoisotopic (exact) mass is 172 g/mol. The van der Waals surface area contributed by atoms with E-state index in [2.05, 4.69) is 23.3 Å². The summed E-state index contributed by atoms with van der Waals surface area (Å²) in [5.41, 5.74) is 0. The van der Waals surface area contributed by atoms with Crippen LogP contribution in [0.5, 0.6) is 0 Å². The van der Waals surface area contributed by atoms with Gasteiger partial charge in [0.15, 0.2) is 0 Å². The summed E-state index contributed by atoms with van der Waals surface area (Å²) in [6, 6.07) is 0. The van der Waals surface area contributed by atoms with Gasteiger partial charge in [0.2, 0.25) is 0 Å². The Labute approximate surface area is 73.3 Å². The molecule has 0 unspecified atom stereocenters. The molecular weight excluding hydrogens is 156 g/mol. The SMILES string of the molecule is C=CCOOC(=O)CCCCC. The predicted octanol–water partition coefficient (Wildman–Crippen LogP) is 2.23. The fourth-order valence-corrected chi connectivity index (χ4v) is 0.709. The normalized spacial score (nSPS) is 9.42. The van der Waals surface area contributed by atoms with Crippen LogP contribution in [0.1, 0.15) is 32.6 Å². The predicted molar refractivity (Wildman–Crippen MR) is 46.4 cm³/mol. The molecule has 0 atom stereocenters. The van der Waals surface area contributed by atoms with Crippen molar-refractivity contribution in [2.45, 2.75) is 32.6 Å². The van der Waals surface area contributed by atoms with Crippen LogP contribution in [-0.4, -0.2) is 12.6 Å². The lowest BCUT2D eigenvalue weighted by Crippen LogP contribution is -2.04. The van der Waals surface area contributed by atoms with E-state index in [0.29, 0.717) is 6.42 Å². The van der Waals surface area contributed by atoms with Crippen molar-refractivity contribution < 1.29 is 14.6 Å². The highest BCUT2D eigenvalue weighted by Gasteiger charge is 2.01. The molecule has 3 heteroatoms. The van der Waals surface area contributed by atoms with Crippen molar-refractivity contribution in [3.8, 4) is 0 Å². The minimum Gasteiger partial charge on any atom is -0.298 e. The molecule has 0 aromatic carbocycles. The first kappa shape index (κ1) is 11.2. The molecule has 70 valence electrons. The molecule has 0 heterocycles. The fourth-order valence-electron chi connectivity index (χ4n) is 0.709. The van der Waals surface area contributed by atoms with Crippen molar-refractivity contribution in [2.75, 3.05) is 6.61 Å². The van der Waals surface area contributed by atoms with E-state index in [0.717, 1.165) is 19.3 Å². The maximum Gasteiger partial charge on any atom is 0.342 e. The van der Waals surface area contributed by atoms with Crippen LogP contribution in [0.15, 0.2) is 12.7 Å². The molecule has 0 radical (unpaired) electrons. The first-order valence-corrected chi connectivity index (χ1v) is 4.24. The Morgan fingerprint density at radius 3 is 2.83 bits per heavy atom. The maximum absolute atomic E-state index is 10.8. The molecule has 0 aliphatic heterocycles. The lowest BCUT2D eigenvalue weighted by atomic mass is 10.2. The highest BCUT2D eigenvalue weighted by molar-refractivity contribution is 5.68. The van der Waals surface area contributed by atoms with E-state index >= 15 is 0 Å². The average molecular weight is 172 g/mol. The van der Waals surface area contributed by atoms with Gasteiger partial charge in [-0.15, -0.1) is 6.58 Å². The molecule has 0 aromatic rings. The molecule has 3 nitrogen and oxygen atoms in total. The van der Waals surface area contributed by atoms with Crippen molar-refractivity contribution in [3.05, 3.63) is 12.7 Å². The Kier molecular flexibility index (Phi) is 7.70. The molecule has 0 aliphatic rings. The Morgan fingerprint density at radius 1 is 1.50 bits per heavy atom. The molecule has 0 saturated carbocycles. The summed E-state index contributed by atoms with van der Waals surface area (Å²) in [5, 5.41) is 0. The van der Waals surface area contributed by atoms with E-state index in [-0.39, 0.29) is 12.6 Å². The van der Waals surface area contributed by atoms with Crippen molar-refractivity contribution in [2.24, 2.45) is 0 Å². The van der Waals surface area contributed by atoms with Gasteiger partial charge in [-0.25, -0.2) is 4.79 Å². The van der Waals surface area contributed by atoms with Crippen LogP contribution in [-0.2, 0) is 14.6 Å². The molecule has 0 bridgehead atoms. The van der Waals surface area contributed by atoms with Gasteiger partial charge in [0.25, 0.3) is 0 Å². The summed E-state index contributed by atoms with van der Waals surface area (Å²) in [6.45, 7) is 5.75. The second kappa shape index (κ2) is 8.27. The van der Waals surface area contributed by atoms with Gasteiger partial charge in [0, 0.05) is 6.42 Å². The summed E-state index contributed by atoms with van der Waals surface area (Å²) in [4.78, 5) is 19.7. The second-order valence-corrected chi connectivity index (χ2v) is 2.49. The molecule has 0 saturated heterocycles. The van der Waals surface area contributed by atoms with Gasteiger partial charge in [-0.2, -0.15) is 4.89 Å². The van der Waals surface area contributed by atoms with Crippen LogP contribution in [0.3, 0.4) is 0 Å². The third kappa shape index (κ3) is 7.28. The first-order chi connectivity index (χ1) is 5.81. The summed E-state index contributed by atoms with van der Waals surface area (Å²) in [6.07, 6.45) is 4.98. The number of carbonyl (C=O) groups excluding carboxylic acids is 1. The van der Waals surface area contributed by atoms with Gasteiger partial charge < -0.3 is 0 Å². The van der Waals surface area contributed by atoms with Crippen molar-refractivity contribution in [1.29, 1.82) is 0 Å². The largest absolute Gasteiger partial charge is 0.342 e. The summed E-state index contributed by atoms with van der Waals surface area (Å²) in [7, 11) is 0. The third-order valence-corrected chi connectivity index (χ3v) is 1.32. The van der Waals surface area contributed by atoms with Crippen LogP contribution >= 0.6 is 0 Å². The van der Waals surface area contributed by atoms with Crippen molar-refractivity contribution in [3.63, 3.8) is 0 Å². The third-order valence-electron chi connectivity index (χ3n) is 1.32. The minimum absolute atomic E-state index is 0.250. The van der Waals surface area contributed by atoms with Gasteiger partial charge in [-0.1, -0.05) is 25.8 Å². The highest BCUT2D eigenvalue weighted by Crippen LogP contribution is 2.00. The molecule has 0 aromatic heterocycles. The zero-order valence-corrected chi connectivity index (χ0v) is 7.54. The van der Waals surface area contributed by atoms with E-state index < -0.39 is 0 Å². The van der Waals surface area contributed by atoms with E-state index in [1.165, 1.54) is 6.08 Å². The van der Waals surface area contributed by atoms with Crippen molar-refractivity contribution >= 4 is 5.97 Å². The molecule has 12 heavy (non-hydrogen) atoms. The lowest BCUT2D eigenvalue weighted by Gasteiger charge is -2.00. The Morgan fingerprint density at radius 2 is 2.25 bits per heavy atom. The van der Waals surface area contributed by atoms with E-state index in [1.807, 2.05) is 0 Å². The Bertz CT molecular complexity index is 132. The summed E-state index contributed by atoms with van der Waals surface area (Å²) < 4.78 is 0. The number of hydrogen-bond donors (Lipinski definition) is 0. The fraction of sp³-hybridized carbons (Fsp3) is 0.667. The van der Waals surface area contributed by atoms with Crippen LogP contribution in [0, 0.1) is 0 Å². The number of hydrogen-bond acceptors (Lipinski definition) is 3. The van der Waals surface area contributed by atoms with Gasteiger partial charge in [0.05, 0.1) is 0 Å². The first-order valence-electron chi connectivity index (χ1n) is 4.24. The Balaban J connectivity index is 3.15. The molecule has 0 N–H and O–H groups in total. The van der Waals surface area contributed by atoms with E-state index in [1.54, 1.807) is 0 Å². The van der Waals surface area contributed by atoms with E-state index in [4.69, 9.17) is 0 Å². The minimum atomic E-state index is -0.301. The molecule has 0 spiro atoms. The molecular formula is C9H16O3. The maximum atomic E-state index is 10.8. The molecule has 0 aliphatic carbocycles. The van der Waals surface area contributed by atoms with E-state index in [9.17, 15) is 4.79 Å². The van der Waals surface area contributed by atoms with Crippen molar-refractivity contribution in [1.82, 2.24) is 0 Å². The van der Waals surface area contributed by atoms with Crippen LogP contribution in [0.25, 0.3) is 0 Å². The summed E-state index contributed by atoms with van der Waals surface area (Å²) in [5.74, 6) is -0.301. The highest BCUT2D eigenvalue weighted by atomic mass is 17.2. The molecule has 0 fully saturated rings. The smallest absolute Gasteiger partial charge is 0.298 e.